The van der Waals surface area contributed by atoms with Gasteiger partial charge >= 0.3 is 6.18 Å². The number of aliphatic hydroxyl groups is 1. The molecule has 0 saturated heterocycles. The molecule has 1 heterocycles. The van der Waals surface area contributed by atoms with E-state index in [0.29, 0.717) is 19.0 Å². The van der Waals surface area contributed by atoms with Gasteiger partial charge in [-0.2, -0.15) is 18.2 Å². The number of aromatic nitrogens is 2. The lowest BCUT2D eigenvalue weighted by Crippen LogP contribution is -2.41. The lowest BCUT2D eigenvalue weighted by atomic mass is 9.92. The van der Waals surface area contributed by atoms with Gasteiger partial charge in [0.05, 0.1) is 6.10 Å². The third-order valence-electron chi connectivity index (χ3n) is 2.66. The Kier molecular flexibility index (Phi) is 3.67. The van der Waals surface area contributed by atoms with Crippen molar-refractivity contribution in [2.24, 2.45) is 0 Å². The Morgan fingerprint density at radius 2 is 2.17 bits per heavy atom. The fourth-order valence-electron chi connectivity index (χ4n) is 1.47. The molecule has 100 valence electrons. The lowest BCUT2D eigenvalue weighted by molar-refractivity contribution is -0.141. The summed E-state index contributed by atoms with van der Waals surface area (Å²) >= 11 is 1.12. The largest absolute Gasteiger partial charge is 0.471 e. The zero-order chi connectivity index (χ0) is 13.3. The Hall–Kier alpha value is -1.02. The highest BCUT2D eigenvalue weighted by atomic mass is 32.2. The molecule has 0 bridgehead atoms. The maximum absolute atomic E-state index is 12.7. The molecule has 0 radical (unpaired) electrons. The first kappa shape index (κ1) is 13.4. The van der Waals surface area contributed by atoms with Crippen LogP contribution in [0.4, 0.5) is 13.2 Å². The normalized spacial score (nSPS) is 23.6. The molecule has 0 aromatic carbocycles. The second kappa shape index (κ2) is 4.93. The summed E-state index contributed by atoms with van der Waals surface area (Å²) < 4.78 is 43.3. The van der Waals surface area contributed by atoms with Crippen molar-refractivity contribution >= 4 is 11.8 Å². The van der Waals surface area contributed by atoms with E-state index in [1.807, 2.05) is 0 Å². The second-order valence-corrected chi connectivity index (χ2v) is 4.65. The van der Waals surface area contributed by atoms with Crippen molar-refractivity contribution in [1.82, 2.24) is 9.97 Å². The molecule has 0 aliphatic heterocycles. The van der Waals surface area contributed by atoms with Crippen molar-refractivity contribution < 1.29 is 23.0 Å². The molecular weight excluding hydrogens is 269 g/mol. The molecule has 8 heteroatoms. The van der Waals surface area contributed by atoms with Crippen molar-refractivity contribution in [3.63, 3.8) is 0 Å². The Balaban J connectivity index is 2.29. The van der Waals surface area contributed by atoms with E-state index in [2.05, 4.69) is 9.97 Å². The Labute approximate surface area is 106 Å². The molecule has 0 amide bonds. The van der Waals surface area contributed by atoms with E-state index in [1.54, 1.807) is 6.26 Å². The zero-order valence-electron chi connectivity index (χ0n) is 9.44. The summed E-state index contributed by atoms with van der Waals surface area (Å²) in [4.78, 5) is 7.30. The predicted molar refractivity (Wildman–Crippen MR) is 58.5 cm³/mol. The van der Waals surface area contributed by atoms with Gasteiger partial charge in [-0.1, -0.05) is 11.8 Å². The minimum absolute atomic E-state index is 0.201. The Bertz CT molecular complexity index is 442. The van der Waals surface area contributed by atoms with E-state index < -0.39 is 29.8 Å². The summed E-state index contributed by atoms with van der Waals surface area (Å²) in [6.45, 7) is 0. The number of halogens is 3. The Morgan fingerprint density at radius 1 is 1.44 bits per heavy atom. The SMILES string of the molecule is CSc1ncc(C(F)(F)F)c(O[C@H]2CC[C@@H]2O)n1. The van der Waals surface area contributed by atoms with Crippen LogP contribution in [0, 0.1) is 0 Å². The first-order valence-corrected chi connectivity index (χ1v) is 6.47. The average molecular weight is 280 g/mol. The van der Waals surface area contributed by atoms with Crippen LogP contribution in [0.2, 0.25) is 0 Å². The van der Waals surface area contributed by atoms with E-state index in [1.165, 1.54) is 0 Å². The van der Waals surface area contributed by atoms with Crippen LogP contribution in [0.25, 0.3) is 0 Å². The lowest BCUT2D eigenvalue weighted by Gasteiger charge is -2.32. The highest BCUT2D eigenvalue weighted by molar-refractivity contribution is 7.98. The molecule has 1 aliphatic rings. The van der Waals surface area contributed by atoms with E-state index in [-0.39, 0.29) is 5.16 Å². The number of thioether (sulfide) groups is 1. The highest BCUT2D eigenvalue weighted by Gasteiger charge is 2.39. The number of aliphatic hydroxyl groups excluding tert-OH is 1. The molecule has 2 atom stereocenters. The summed E-state index contributed by atoms with van der Waals surface area (Å²) in [5.41, 5.74) is -1.01. The minimum atomic E-state index is -4.57. The van der Waals surface area contributed by atoms with Gasteiger partial charge in [0.15, 0.2) is 5.16 Å². The van der Waals surface area contributed by atoms with E-state index in [0.717, 1.165) is 11.8 Å². The molecule has 2 rings (SSSR count). The topological polar surface area (TPSA) is 55.2 Å². The van der Waals surface area contributed by atoms with E-state index >= 15 is 0 Å². The summed E-state index contributed by atoms with van der Waals surface area (Å²) in [5, 5.41) is 9.54. The van der Waals surface area contributed by atoms with Gasteiger partial charge in [0.25, 0.3) is 0 Å². The summed E-state index contributed by atoms with van der Waals surface area (Å²) in [6.07, 6.45) is -2.48. The second-order valence-electron chi connectivity index (χ2n) is 3.87. The van der Waals surface area contributed by atoms with Crippen molar-refractivity contribution in [3.05, 3.63) is 11.8 Å². The van der Waals surface area contributed by atoms with Crippen molar-refractivity contribution in [2.75, 3.05) is 6.26 Å². The monoisotopic (exact) mass is 280 g/mol. The van der Waals surface area contributed by atoms with Crippen LogP contribution in [0.5, 0.6) is 5.88 Å². The summed E-state index contributed by atoms with van der Waals surface area (Å²) in [5.74, 6) is -0.509. The van der Waals surface area contributed by atoms with Gasteiger partial charge in [0, 0.05) is 6.20 Å². The first-order chi connectivity index (χ1) is 8.41. The maximum Gasteiger partial charge on any atom is 0.423 e. The molecule has 1 saturated carbocycles. The smallest absolute Gasteiger partial charge is 0.423 e. The molecule has 1 N–H and O–H groups in total. The van der Waals surface area contributed by atoms with Crippen LogP contribution in [0.15, 0.2) is 11.4 Å². The van der Waals surface area contributed by atoms with Gasteiger partial charge in [0.1, 0.15) is 11.7 Å². The van der Waals surface area contributed by atoms with Crippen LogP contribution in [0.1, 0.15) is 18.4 Å². The number of hydrogen-bond acceptors (Lipinski definition) is 5. The molecule has 18 heavy (non-hydrogen) atoms. The number of hydrogen-bond donors (Lipinski definition) is 1. The predicted octanol–water partition coefficient (Wildman–Crippen LogP) is 2.12. The standard InChI is InChI=1S/C10H11F3N2O2S/c1-18-9-14-4-5(10(11,12)13)8(15-9)17-7-3-2-6(7)16/h4,6-7,16H,2-3H2,1H3/t6-,7-/m0/s1. The highest BCUT2D eigenvalue weighted by Crippen LogP contribution is 2.37. The third-order valence-corrected chi connectivity index (χ3v) is 3.22. The van der Waals surface area contributed by atoms with Gasteiger partial charge in [-0.05, 0) is 19.1 Å². The number of ether oxygens (including phenoxy) is 1. The van der Waals surface area contributed by atoms with Crippen LogP contribution >= 0.6 is 11.8 Å². The molecule has 1 aromatic rings. The van der Waals surface area contributed by atoms with Crippen LogP contribution in [-0.2, 0) is 6.18 Å². The Morgan fingerprint density at radius 3 is 2.61 bits per heavy atom. The van der Waals surface area contributed by atoms with E-state index in [4.69, 9.17) is 4.74 Å². The first-order valence-electron chi connectivity index (χ1n) is 5.24. The fraction of sp³-hybridized carbons (Fsp3) is 0.600. The molecule has 0 unspecified atom stereocenters. The number of alkyl halides is 3. The molecule has 0 spiro atoms. The van der Waals surface area contributed by atoms with Crippen LogP contribution in [-0.4, -0.2) is 33.5 Å². The van der Waals surface area contributed by atoms with Gasteiger partial charge < -0.3 is 9.84 Å². The maximum atomic E-state index is 12.7. The quantitative estimate of drug-likeness (QED) is 0.679. The minimum Gasteiger partial charge on any atom is -0.471 e. The van der Waals surface area contributed by atoms with Crippen LogP contribution < -0.4 is 4.74 Å². The summed E-state index contributed by atoms with van der Waals surface area (Å²) in [7, 11) is 0. The molecule has 1 aromatic heterocycles. The molecule has 4 nitrogen and oxygen atoms in total. The third kappa shape index (κ3) is 2.69. The number of rotatable bonds is 3. The van der Waals surface area contributed by atoms with Gasteiger partial charge in [-0.25, -0.2) is 4.98 Å². The van der Waals surface area contributed by atoms with E-state index in [9.17, 15) is 18.3 Å². The molecule has 1 fully saturated rings. The fourth-order valence-corrected chi connectivity index (χ4v) is 1.80. The van der Waals surface area contributed by atoms with Gasteiger partial charge in [0.2, 0.25) is 5.88 Å². The number of nitrogens with zero attached hydrogens (tertiary/aromatic N) is 2. The van der Waals surface area contributed by atoms with Crippen molar-refractivity contribution in [1.29, 1.82) is 0 Å². The average Bonchev–Trinajstić information content (AvgIpc) is 2.32. The van der Waals surface area contributed by atoms with Crippen LogP contribution in [0.3, 0.4) is 0 Å². The van der Waals surface area contributed by atoms with Gasteiger partial charge in [-0.3, -0.25) is 0 Å². The molecule has 1 aliphatic carbocycles. The van der Waals surface area contributed by atoms with Crippen molar-refractivity contribution in [3.8, 4) is 5.88 Å². The molecular formula is C10H11F3N2O2S. The summed E-state index contributed by atoms with van der Waals surface area (Å²) in [6, 6.07) is 0. The van der Waals surface area contributed by atoms with Gasteiger partial charge in [-0.15, -0.1) is 0 Å². The zero-order valence-corrected chi connectivity index (χ0v) is 10.3. The van der Waals surface area contributed by atoms with Crippen molar-refractivity contribution in [2.45, 2.75) is 36.4 Å².